The van der Waals surface area contributed by atoms with Crippen LogP contribution in [0.4, 0.5) is 5.82 Å². The summed E-state index contributed by atoms with van der Waals surface area (Å²) in [5, 5.41) is 6.96. The van der Waals surface area contributed by atoms with Crippen LogP contribution in [-0.2, 0) is 0 Å². The molecule has 1 heterocycles. The Morgan fingerprint density at radius 2 is 1.87 bits per heavy atom. The molecule has 15 heavy (non-hydrogen) atoms. The average Bonchev–Trinajstić information content (AvgIpc) is 2.53. The molecule has 3 nitrogen and oxygen atoms in total. The number of aromatic nitrogens is 2. The molecule has 1 aromatic carbocycles. The van der Waals surface area contributed by atoms with Crippen molar-refractivity contribution in [3.8, 4) is 11.3 Å². The van der Waals surface area contributed by atoms with Gasteiger partial charge in [-0.2, -0.15) is 5.10 Å². The van der Waals surface area contributed by atoms with Crippen molar-refractivity contribution in [2.75, 3.05) is 5.73 Å². The molecule has 0 saturated heterocycles. The van der Waals surface area contributed by atoms with Gasteiger partial charge in [-0.25, -0.2) is 0 Å². The zero-order valence-corrected chi connectivity index (χ0v) is 9.26. The Kier molecular flexibility index (Phi) is 2.23. The largest absolute Gasteiger partial charge is 0.382 e. The van der Waals surface area contributed by atoms with Crippen LogP contribution in [-0.4, -0.2) is 10.2 Å². The smallest absolute Gasteiger partial charge is 0.148 e. The summed E-state index contributed by atoms with van der Waals surface area (Å²) in [7, 11) is 0. The SMILES string of the molecule is Cc1ccc(-c2[nH]nc(N)c2C)cc1C. The third-order valence-corrected chi connectivity index (χ3v) is 2.84. The topological polar surface area (TPSA) is 54.7 Å². The number of aryl methyl sites for hydroxylation is 2. The van der Waals surface area contributed by atoms with Gasteiger partial charge in [0, 0.05) is 11.1 Å². The van der Waals surface area contributed by atoms with Gasteiger partial charge in [0.2, 0.25) is 0 Å². The van der Waals surface area contributed by atoms with Crippen LogP contribution in [0, 0.1) is 20.8 Å². The molecule has 0 unspecified atom stereocenters. The maximum absolute atomic E-state index is 5.70. The first-order valence-corrected chi connectivity index (χ1v) is 4.97. The van der Waals surface area contributed by atoms with E-state index in [1.165, 1.54) is 11.1 Å². The van der Waals surface area contributed by atoms with Crippen molar-refractivity contribution in [1.82, 2.24) is 10.2 Å². The van der Waals surface area contributed by atoms with Crippen LogP contribution >= 0.6 is 0 Å². The summed E-state index contributed by atoms with van der Waals surface area (Å²) in [5.74, 6) is 0.572. The van der Waals surface area contributed by atoms with Gasteiger partial charge in [-0.15, -0.1) is 0 Å². The lowest BCUT2D eigenvalue weighted by Gasteiger charge is -2.04. The van der Waals surface area contributed by atoms with Crippen LogP contribution < -0.4 is 5.73 Å². The number of nitrogens with two attached hydrogens (primary N) is 1. The molecule has 0 radical (unpaired) electrons. The normalized spacial score (nSPS) is 10.6. The third kappa shape index (κ3) is 1.61. The Morgan fingerprint density at radius 3 is 2.40 bits per heavy atom. The number of hydrogen-bond acceptors (Lipinski definition) is 2. The van der Waals surface area contributed by atoms with Crippen molar-refractivity contribution in [3.05, 3.63) is 34.9 Å². The Hall–Kier alpha value is -1.77. The van der Waals surface area contributed by atoms with E-state index in [0.717, 1.165) is 16.8 Å². The van der Waals surface area contributed by atoms with E-state index >= 15 is 0 Å². The number of benzene rings is 1. The molecule has 3 N–H and O–H groups in total. The van der Waals surface area contributed by atoms with Crippen molar-refractivity contribution >= 4 is 5.82 Å². The number of nitrogen functional groups attached to an aromatic ring is 1. The van der Waals surface area contributed by atoms with Gasteiger partial charge in [0.05, 0.1) is 5.69 Å². The summed E-state index contributed by atoms with van der Waals surface area (Å²) < 4.78 is 0. The first-order valence-electron chi connectivity index (χ1n) is 4.97. The molecule has 0 amide bonds. The monoisotopic (exact) mass is 201 g/mol. The molecule has 0 aliphatic carbocycles. The van der Waals surface area contributed by atoms with E-state index < -0.39 is 0 Å². The molecule has 2 aromatic rings. The second-order valence-electron chi connectivity index (χ2n) is 3.91. The molecule has 3 heteroatoms. The quantitative estimate of drug-likeness (QED) is 0.745. The van der Waals surface area contributed by atoms with Crippen molar-refractivity contribution in [3.63, 3.8) is 0 Å². The van der Waals surface area contributed by atoms with Crippen molar-refractivity contribution in [2.24, 2.45) is 0 Å². The molecule has 2 rings (SSSR count). The predicted molar refractivity (Wildman–Crippen MR) is 62.6 cm³/mol. The minimum absolute atomic E-state index is 0.572. The average molecular weight is 201 g/mol. The summed E-state index contributed by atoms with van der Waals surface area (Å²) in [5.41, 5.74) is 11.4. The molecule has 0 saturated carbocycles. The summed E-state index contributed by atoms with van der Waals surface area (Å²) in [4.78, 5) is 0. The standard InChI is InChI=1S/C12H15N3/c1-7-4-5-10(6-8(7)2)11-9(3)12(13)15-14-11/h4-6H,1-3H3,(H3,13,14,15). The highest BCUT2D eigenvalue weighted by Crippen LogP contribution is 2.25. The van der Waals surface area contributed by atoms with E-state index in [2.05, 4.69) is 42.2 Å². The van der Waals surface area contributed by atoms with Gasteiger partial charge in [-0.05, 0) is 38.0 Å². The highest BCUT2D eigenvalue weighted by Gasteiger charge is 2.08. The fourth-order valence-corrected chi connectivity index (χ4v) is 1.59. The Morgan fingerprint density at radius 1 is 1.13 bits per heavy atom. The fraction of sp³-hybridized carbons (Fsp3) is 0.250. The lowest BCUT2D eigenvalue weighted by atomic mass is 10.0. The molecule has 0 spiro atoms. The zero-order chi connectivity index (χ0) is 11.0. The second-order valence-corrected chi connectivity index (χ2v) is 3.91. The van der Waals surface area contributed by atoms with E-state index in [-0.39, 0.29) is 0 Å². The third-order valence-electron chi connectivity index (χ3n) is 2.84. The van der Waals surface area contributed by atoms with Gasteiger partial charge >= 0.3 is 0 Å². The zero-order valence-electron chi connectivity index (χ0n) is 9.26. The van der Waals surface area contributed by atoms with E-state index in [1.54, 1.807) is 0 Å². The Balaban J connectivity index is 2.55. The number of rotatable bonds is 1. The van der Waals surface area contributed by atoms with Crippen LogP contribution in [0.3, 0.4) is 0 Å². The van der Waals surface area contributed by atoms with Crippen molar-refractivity contribution < 1.29 is 0 Å². The molecule has 0 fully saturated rings. The molecule has 78 valence electrons. The van der Waals surface area contributed by atoms with Crippen LogP contribution in [0.5, 0.6) is 0 Å². The molecular weight excluding hydrogens is 186 g/mol. The number of hydrogen-bond donors (Lipinski definition) is 2. The van der Waals surface area contributed by atoms with Gasteiger partial charge in [0.25, 0.3) is 0 Å². The minimum atomic E-state index is 0.572. The highest BCUT2D eigenvalue weighted by molar-refractivity contribution is 5.68. The van der Waals surface area contributed by atoms with E-state index in [0.29, 0.717) is 5.82 Å². The van der Waals surface area contributed by atoms with Gasteiger partial charge < -0.3 is 5.73 Å². The summed E-state index contributed by atoms with van der Waals surface area (Å²) in [6, 6.07) is 6.35. The number of anilines is 1. The number of nitrogens with one attached hydrogen (secondary N) is 1. The first kappa shape index (κ1) is 9.77. The van der Waals surface area contributed by atoms with Gasteiger partial charge in [-0.1, -0.05) is 12.1 Å². The Bertz CT molecular complexity index is 498. The highest BCUT2D eigenvalue weighted by atomic mass is 15.2. The first-order chi connectivity index (χ1) is 7.09. The van der Waals surface area contributed by atoms with Gasteiger partial charge in [0.1, 0.15) is 5.82 Å². The van der Waals surface area contributed by atoms with Crippen molar-refractivity contribution in [2.45, 2.75) is 20.8 Å². The summed E-state index contributed by atoms with van der Waals surface area (Å²) >= 11 is 0. The molecule has 0 atom stereocenters. The van der Waals surface area contributed by atoms with Crippen LogP contribution in [0.2, 0.25) is 0 Å². The van der Waals surface area contributed by atoms with Crippen LogP contribution in [0.25, 0.3) is 11.3 Å². The number of nitrogens with zero attached hydrogens (tertiary/aromatic N) is 1. The second kappa shape index (κ2) is 3.42. The van der Waals surface area contributed by atoms with Crippen molar-refractivity contribution in [1.29, 1.82) is 0 Å². The minimum Gasteiger partial charge on any atom is -0.382 e. The molecule has 1 aromatic heterocycles. The molecule has 0 aliphatic rings. The Labute approximate surface area is 89.3 Å². The lowest BCUT2D eigenvalue weighted by molar-refractivity contribution is 1.10. The van der Waals surface area contributed by atoms with Crippen LogP contribution in [0.15, 0.2) is 18.2 Å². The summed E-state index contributed by atoms with van der Waals surface area (Å²) in [6.07, 6.45) is 0. The van der Waals surface area contributed by atoms with E-state index in [1.807, 2.05) is 6.92 Å². The lowest BCUT2D eigenvalue weighted by Crippen LogP contribution is -1.87. The van der Waals surface area contributed by atoms with E-state index in [4.69, 9.17) is 5.73 Å². The molecule has 0 aliphatic heterocycles. The van der Waals surface area contributed by atoms with Crippen LogP contribution in [0.1, 0.15) is 16.7 Å². The maximum Gasteiger partial charge on any atom is 0.148 e. The molecule has 0 bridgehead atoms. The van der Waals surface area contributed by atoms with E-state index in [9.17, 15) is 0 Å². The maximum atomic E-state index is 5.70. The fourth-order valence-electron chi connectivity index (χ4n) is 1.59. The summed E-state index contributed by atoms with van der Waals surface area (Å²) in [6.45, 7) is 6.19. The van der Waals surface area contributed by atoms with Gasteiger partial charge in [0.15, 0.2) is 0 Å². The predicted octanol–water partition coefficient (Wildman–Crippen LogP) is 2.58. The number of aromatic amines is 1. The molecular formula is C12H15N3. The van der Waals surface area contributed by atoms with Gasteiger partial charge in [-0.3, -0.25) is 5.10 Å². The number of H-pyrrole nitrogens is 1.